The van der Waals surface area contributed by atoms with Gasteiger partial charge in [-0.2, -0.15) is 0 Å². The highest BCUT2D eigenvalue weighted by Gasteiger charge is 2.12. The van der Waals surface area contributed by atoms with Gasteiger partial charge in [-0.3, -0.25) is 9.97 Å². The van der Waals surface area contributed by atoms with Crippen LogP contribution >= 0.6 is 15.8 Å². The zero-order valence-electron chi connectivity index (χ0n) is 18.3. The highest BCUT2D eigenvalue weighted by molar-refractivity contribution is 7.57. The van der Waals surface area contributed by atoms with E-state index in [0.717, 1.165) is 23.7 Å². The molecule has 2 nitrogen and oxygen atoms in total. The Labute approximate surface area is 175 Å². The number of hydrogen-bond acceptors (Lipinski definition) is 2. The van der Waals surface area contributed by atoms with Gasteiger partial charge in [0.15, 0.2) is 0 Å². The van der Waals surface area contributed by atoms with Crippen LogP contribution in [0.1, 0.15) is 64.8 Å². The van der Waals surface area contributed by atoms with Crippen molar-refractivity contribution in [2.45, 2.75) is 65.7 Å². The van der Waals surface area contributed by atoms with Gasteiger partial charge in [0.2, 0.25) is 0 Å². The van der Waals surface area contributed by atoms with Crippen molar-refractivity contribution in [2.75, 3.05) is 24.6 Å². The van der Waals surface area contributed by atoms with Crippen molar-refractivity contribution in [2.24, 2.45) is 0 Å². The Balaban J connectivity index is 2.14. The van der Waals surface area contributed by atoms with Crippen LogP contribution in [0.5, 0.6) is 0 Å². The van der Waals surface area contributed by atoms with Crippen LogP contribution in [0.3, 0.4) is 0 Å². The topological polar surface area (TPSA) is 25.8 Å². The van der Waals surface area contributed by atoms with Crippen LogP contribution < -0.4 is 0 Å². The van der Waals surface area contributed by atoms with Gasteiger partial charge in [-0.1, -0.05) is 65.5 Å². The van der Waals surface area contributed by atoms with Crippen LogP contribution in [0.4, 0.5) is 0 Å². The zero-order valence-corrected chi connectivity index (χ0v) is 20.1. The normalized spacial score (nSPS) is 11.5. The van der Waals surface area contributed by atoms with Gasteiger partial charge in [-0.05, 0) is 48.9 Å². The quantitative estimate of drug-likeness (QED) is 0.312. The monoisotopic (exact) mass is 416 g/mol. The van der Waals surface area contributed by atoms with Gasteiger partial charge in [-0.25, -0.2) is 0 Å². The molecule has 2 aromatic rings. The predicted molar refractivity (Wildman–Crippen MR) is 129 cm³/mol. The summed E-state index contributed by atoms with van der Waals surface area (Å²) in [6.45, 7) is 9.21. The van der Waals surface area contributed by atoms with Crippen LogP contribution in [-0.4, -0.2) is 34.6 Å². The first kappa shape index (κ1) is 23.4. The number of nitrogens with zero attached hydrogens (tertiary/aromatic N) is 2. The lowest BCUT2D eigenvalue weighted by Gasteiger charge is -2.17. The minimum absolute atomic E-state index is 0.0747. The molecule has 0 saturated heterocycles. The molecule has 154 valence electrons. The van der Waals surface area contributed by atoms with Crippen LogP contribution in [0.2, 0.25) is 0 Å². The summed E-state index contributed by atoms with van der Waals surface area (Å²) in [5.74, 6) is 0. The first-order chi connectivity index (χ1) is 13.7. The maximum absolute atomic E-state index is 5.00. The summed E-state index contributed by atoms with van der Waals surface area (Å²) < 4.78 is 0. The number of aromatic nitrogens is 2. The molecule has 2 aromatic heterocycles. The average Bonchev–Trinajstić information content (AvgIpc) is 2.69. The molecular weight excluding hydrogens is 378 g/mol. The summed E-state index contributed by atoms with van der Waals surface area (Å²) >= 11 is 0. The van der Waals surface area contributed by atoms with Crippen molar-refractivity contribution >= 4 is 15.8 Å². The minimum Gasteiger partial charge on any atom is -0.251 e. The first-order valence-corrected chi connectivity index (χ1v) is 14.9. The fourth-order valence-electron chi connectivity index (χ4n) is 3.68. The van der Waals surface area contributed by atoms with Crippen molar-refractivity contribution in [1.29, 1.82) is 0 Å². The first-order valence-electron chi connectivity index (χ1n) is 11.1. The van der Waals surface area contributed by atoms with E-state index in [1.54, 1.807) is 0 Å². The molecule has 0 fully saturated rings. The largest absolute Gasteiger partial charge is 0.251 e. The molecule has 0 bridgehead atoms. The maximum Gasteiger partial charge on any atom is 0.0889 e. The van der Waals surface area contributed by atoms with Gasteiger partial charge >= 0.3 is 0 Å². The van der Waals surface area contributed by atoms with E-state index in [9.17, 15) is 0 Å². The lowest BCUT2D eigenvalue weighted by Crippen LogP contribution is -1.99. The van der Waals surface area contributed by atoms with E-state index in [1.807, 2.05) is 0 Å². The molecule has 0 N–H and O–H groups in total. The van der Waals surface area contributed by atoms with E-state index in [2.05, 4.69) is 64.1 Å². The van der Waals surface area contributed by atoms with Gasteiger partial charge in [-0.15, -0.1) is 15.8 Å². The Morgan fingerprint density at radius 2 is 0.929 bits per heavy atom. The molecule has 0 aliphatic carbocycles. The molecule has 0 saturated carbocycles. The second-order valence-electron chi connectivity index (χ2n) is 7.58. The highest BCUT2D eigenvalue weighted by Crippen LogP contribution is 2.41. The Bertz CT molecular complexity index is 618. The molecule has 0 aromatic carbocycles. The number of hydrogen-bond donors (Lipinski definition) is 0. The third-order valence-corrected chi connectivity index (χ3v) is 10.7. The Morgan fingerprint density at radius 1 is 0.571 bits per heavy atom. The van der Waals surface area contributed by atoms with Gasteiger partial charge in [0.25, 0.3) is 0 Å². The second-order valence-corrected chi connectivity index (χ2v) is 12.7. The summed E-state index contributed by atoms with van der Waals surface area (Å²) in [6, 6.07) is 13.0. The molecule has 0 unspecified atom stereocenters. The molecule has 2 heterocycles. The molecule has 28 heavy (non-hydrogen) atoms. The molecule has 2 rings (SSSR count). The molecule has 0 spiro atoms. The SMILES string of the molecule is CCCP(CCC)Cc1cccc(-c2cccc(CP(CCC)CCC)n2)n1. The summed E-state index contributed by atoms with van der Waals surface area (Å²) in [4.78, 5) is 10.00. The van der Waals surface area contributed by atoms with E-state index < -0.39 is 0 Å². The summed E-state index contributed by atoms with van der Waals surface area (Å²) in [7, 11) is 0.149. The summed E-state index contributed by atoms with van der Waals surface area (Å²) in [6.07, 6.45) is 12.9. The van der Waals surface area contributed by atoms with Crippen molar-refractivity contribution in [3.8, 4) is 11.4 Å². The van der Waals surface area contributed by atoms with Gasteiger partial charge in [0, 0.05) is 23.7 Å². The molecule has 4 heteroatoms. The van der Waals surface area contributed by atoms with Crippen LogP contribution in [0.15, 0.2) is 36.4 Å². The molecule has 0 amide bonds. The lowest BCUT2D eigenvalue weighted by atomic mass is 10.2. The third kappa shape index (κ3) is 7.88. The average molecular weight is 417 g/mol. The van der Waals surface area contributed by atoms with Crippen molar-refractivity contribution in [3.63, 3.8) is 0 Å². The smallest absolute Gasteiger partial charge is 0.0889 e. The van der Waals surface area contributed by atoms with Crippen molar-refractivity contribution < 1.29 is 0 Å². The van der Waals surface area contributed by atoms with Crippen LogP contribution in [0, 0.1) is 0 Å². The van der Waals surface area contributed by atoms with Crippen molar-refractivity contribution in [1.82, 2.24) is 9.97 Å². The second kappa shape index (κ2) is 13.4. The molecular formula is C24H38N2P2. The fraction of sp³-hybridized carbons (Fsp3) is 0.583. The highest BCUT2D eigenvalue weighted by atomic mass is 31.1. The van der Waals surface area contributed by atoms with Gasteiger partial charge < -0.3 is 0 Å². The standard InChI is InChI=1S/C24H38N2P2/c1-5-15-27(16-6-2)19-21-11-9-13-23(25-21)24-14-10-12-22(26-24)20-28(17-7-3)18-8-4/h9-14H,5-8,15-20H2,1-4H3. The van der Waals surface area contributed by atoms with Crippen LogP contribution in [-0.2, 0) is 12.3 Å². The lowest BCUT2D eigenvalue weighted by molar-refractivity contribution is 1.03. The molecule has 0 aliphatic rings. The van der Waals surface area contributed by atoms with Crippen LogP contribution in [0.25, 0.3) is 11.4 Å². The van der Waals surface area contributed by atoms with Crippen molar-refractivity contribution in [3.05, 3.63) is 47.8 Å². The third-order valence-electron chi connectivity index (χ3n) is 4.81. The summed E-state index contributed by atoms with van der Waals surface area (Å²) in [5.41, 5.74) is 4.57. The number of pyridine rings is 2. The van der Waals surface area contributed by atoms with Gasteiger partial charge in [0.05, 0.1) is 11.4 Å². The molecule has 0 atom stereocenters. The Hall–Kier alpha value is -0.840. The predicted octanol–water partition coefficient (Wildman–Crippen LogP) is 7.75. The summed E-state index contributed by atoms with van der Waals surface area (Å²) in [5, 5.41) is 0. The van der Waals surface area contributed by atoms with E-state index in [1.165, 1.54) is 61.7 Å². The number of rotatable bonds is 13. The Kier molecular flexibility index (Phi) is 11.2. The fourth-order valence-corrected chi connectivity index (χ4v) is 8.56. The zero-order chi connectivity index (χ0) is 20.2. The van der Waals surface area contributed by atoms with E-state index in [0.29, 0.717) is 0 Å². The van der Waals surface area contributed by atoms with E-state index >= 15 is 0 Å². The van der Waals surface area contributed by atoms with Gasteiger partial charge in [0.1, 0.15) is 0 Å². The molecule has 0 radical (unpaired) electrons. The Morgan fingerprint density at radius 3 is 1.25 bits per heavy atom. The maximum atomic E-state index is 5.00. The van der Waals surface area contributed by atoms with E-state index in [4.69, 9.17) is 9.97 Å². The van der Waals surface area contributed by atoms with E-state index in [-0.39, 0.29) is 15.8 Å². The minimum atomic E-state index is 0.0747. The molecule has 0 aliphatic heterocycles.